The Balaban J connectivity index is 2.78. The van der Waals surface area contributed by atoms with Gasteiger partial charge in [0.2, 0.25) is 0 Å². The summed E-state index contributed by atoms with van der Waals surface area (Å²) in [6.07, 6.45) is -4.25. The van der Waals surface area contributed by atoms with Gasteiger partial charge in [0.25, 0.3) is 0 Å². The number of alkyl halides is 3. The molecule has 0 bridgehead atoms. The zero-order valence-electron chi connectivity index (χ0n) is 10.00. The van der Waals surface area contributed by atoms with Gasteiger partial charge in [0.05, 0.1) is 0 Å². The number of carbonyl (C=O) groups is 1. The Morgan fingerprint density at radius 3 is 2.58 bits per heavy atom. The second kappa shape index (κ2) is 6.14. The third-order valence-corrected chi connectivity index (χ3v) is 2.88. The minimum atomic E-state index is -4.84. The Labute approximate surface area is 112 Å². The van der Waals surface area contributed by atoms with Crippen molar-refractivity contribution in [2.45, 2.75) is 19.5 Å². The maximum Gasteiger partial charge on any atom is 0.405 e. The molecule has 0 aromatic heterocycles. The average Bonchev–Trinajstić information content (AvgIpc) is 2.29. The molecule has 0 aliphatic carbocycles. The van der Waals surface area contributed by atoms with Crippen molar-refractivity contribution in [1.82, 2.24) is 0 Å². The van der Waals surface area contributed by atoms with E-state index in [9.17, 15) is 18.0 Å². The van der Waals surface area contributed by atoms with E-state index >= 15 is 0 Å². The van der Waals surface area contributed by atoms with Gasteiger partial charge in [-0.2, -0.15) is 13.2 Å². The first-order chi connectivity index (χ1) is 8.75. The van der Waals surface area contributed by atoms with E-state index in [1.54, 1.807) is 0 Å². The SMILES string of the molecule is CCc1cc(OCC(C(=O)O)C(F)(F)F)ccc1Cl. The molecule has 0 aliphatic rings. The third-order valence-electron chi connectivity index (χ3n) is 2.51. The molecule has 3 nitrogen and oxygen atoms in total. The maximum atomic E-state index is 12.4. The topological polar surface area (TPSA) is 46.5 Å². The minimum absolute atomic E-state index is 0.164. The van der Waals surface area contributed by atoms with Crippen LogP contribution >= 0.6 is 11.6 Å². The first-order valence-electron chi connectivity index (χ1n) is 5.46. The van der Waals surface area contributed by atoms with Crippen LogP contribution in [0.3, 0.4) is 0 Å². The van der Waals surface area contributed by atoms with Gasteiger partial charge in [0.15, 0.2) is 5.92 Å². The molecular formula is C12H12ClF3O3. The standard InChI is InChI=1S/C12H12ClF3O3/c1-2-7-5-8(3-4-10(7)13)19-6-9(11(17)18)12(14,15)16/h3-5,9H,2,6H2,1H3,(H,17,18). The molecule has 0 radical (unpaired) electrons. The van der Waals surface area contributed by atoms with Gasteiger partial charge >= 0.3 is 12.1 Å². The molecule has 0 heterocycles. The fourth-order valence-electron chi connectivity index (χ4n) is 1.40. The molecule has 19 heavy (non-hydrogen) atoms. The van der Waals surface area contributed by atoms with E-state index in [1.165, 1.54) is 18.2 Å². The van der Waals surface area contributed by atoms with Crippen molar-refractivity contribution in [2.75, 3.05) is 6.61 Å². The van der Waals surface area contributed by atoms with Gasteiger partial charge in [-0.15, -0.1) is 0 Å². The summed E-state index contributed by atoms with van der Waals surface area (Å²) < 4.78 is 42.1. The van der Waals surface area contributed by atoms with Crippen LogP contribution in [-0.4, -0.2) is 23.9 Å². The highest BCUT2D eigenvalue weighted by Crippen LogP contribution is 2.28. The lowest BCUT2D eigenvalue weighted by molar-refractivity contribution is -0.198. The predicted octanol–water partition coefficient (Wildman–Crippen LogP) is 3.54. The number of hydrogen-bond acceptors (Lipinski definition) is 2. The number of aliphatic carboxylic acids is 1. The van der Waals surface area contributed by atoms with Gasteiger partial charge < -0.3 is 9.84 Å². The number of aryl methyl sites for hydroxylation is 1. The molecule has 0 aliphatic heterocycles. The van der Waals surface area contributed by atoms with Crippen LogP contribution in [0.1, 0.15) is 12.5 Å². The molecule has 1 aromatic carbocycles. The Hall–Kier alpha value is -1.43. The lowest BCUT2D eigenvalue weighted by Gasteiger charge is -2.17. The summed E-state index contributed by atoms with van der Waals surface area (Å²) in [7, 11) is 0. The Bertz CT molecular complexity index is 460. The number of benzene rings is 1. The van der Waals surface area contributed by atoms with Crippen LogP contribution in [0.25, 0.3) is 0 Å². The Morgan fingerprint density at radius 2 is 2.11 bits per heavy atom. The van der Waals surface area contributed by atoms with Gasteiger partial charge in [-0.1, -0.05) is 18.5 Å². The molecule has 1 rings (SSSR count). The van der Waals surface area contributed by atoms with Crippen LogP contribution in [0.4, 0.5) is 13.2 Å². The summed E-state index contributed by atoms with van der Waals surface area (Å²) in [5.74, 6) is -4.35. The zero-order valence-corrected chi connectivity index (χ0v) is 10.8. The second-order valence-corrected chi connectivity index (χ2v) is 4.26. The van der Waals surface area contributed by atoms with Crippen LogP contribution in [0.5, 0.6) is 5.75 Å². The van der Waals surface area contributed by atoms with E-state index < -0.39 is 24.7 Å². The fraction of sp³-hybridized carbons (Fsp3) is 0.417. The largest absolute Gasteiger partial charge is 0.492 e. The molecule has 1 aromatic rings. The molecule has 7 heteroatoms. The van der Waals surface area contributed by atoms with Crippen LogP contribution in [0, 0.1) is 5.92 Å². The Kier molecular flexibility index (Phi) is 5.05. The predicted molar refractivity (Wildman–Crippen MR) is 63.5 cm³/mol. The molecule has 0 saturated carbocycles. The van der Waals surface area contributed by atoms with Gasteiger partial charge in [-0.3, -0.25) is 4.79 Å². The van der Waals surface area contributed by atoms with Crippen LogP contribution < -0.4 is 4.74 Å². The second-order valence-electron chi connectivity index (χ2n) is 3.85. The van der Waals surface area contributed by atoms with E-state index in [0.29, 0.717) is 11.4 Å². The molecule has 0 saturated heterocycles. The van der Waals surface area contributed by atoms with Crippen molar-refractivity contribution >= 4 is 17.6 Å². The highest BCUT2D eigenvalue weighted by Gasteiger charge is 2.45. The normalized spacial score (nSPS) is 13.1. The van der Waals surface area contributed by atoms with Gasteiger partial charge in [-0.05, 0) is 30.2 Å². The molecule has 0 spiro atoms. The van der Waals surface area contributed by atoms with Gasteiger partial charge in [0.1, 0.15) is 12.4 Å². The molecular weight excluding hydrogens is 285 g/mol. The highest BCUT2D eigenvalue weighted by molar-refractivity contribution is 6.31. The van der Waals surface area contributed by atoms with Gasteiger partial charge in [-0.25, -0.2) is 0 Å². The lowest BCUT2D eigenvalue weighted by Crippen LogP contribution is -2.35. The van der Waals surface area contributed by atoms with E-state index in [4.69, 9.17) is 21.4 Å². The molecule has 1 atom stereocenters. The van der Waals surface area contributed by atoms with Crippen LogP contribution in [0.15, 0.2) is 18.2 Å². The smallest absolute Gasteiger partial charge is 0.405 e. The number of halogens is 4. The zero-order chi connectivity index (χ0) is 14.6. The fourth-order valence-corrected chi connectivity index (χ4v) is 1.65. The van der Waals surface area contributed by atoms with E-state index in [-0.39, 0.29) is 5.75 Å². The van der Waals surface area contributed by atoms with Crippen molar-refractivity contribution in [3.63, 3.8) is 0 Å². The quantitative estimate of drug-likeness (QED) is 0.904. The van der Waals surface area contributed by atoms with Crippen molar-refractivity contribution in [2.24, 2.45) is 5.92 Å². The summed E-state index contributed by atoms with van der Waals surface area (Å²) in [5, 5.41) is 9.00. The average molecular weight is 297 g/mol. The summed E-state index contributed by atoms with van der Waals surface area (Å²) in [6.45, 7) is 0.865. The van der Waals surface area contributed by atoms with Crippen LogP contribution in [0.2, 0.25) is 5.02 Å². The van der Waals surface area contributed by atoms with Crippen LogP contribution in [-0.2, 0) is 11.2 Å². The van der Waals surface area contributed by atoms with Crippen molar-refractivity contribution < 1.29 is 27.8 Å². The lowest BCUT2D eigenvalue weighted by atomic mass is 10.1. The number of carboxylic acid groups (broad SMARTS) is 1. The third kappa shape index (κ3) is 4.31. The summed E-state index contributed by atoms with van der Waals surface area (Å²) in [6, 6.07) is 4.40. The van der Waals surface area contributed by atoms with Crippen molar-refractivity contribution in [3.8, 4) is 5.75 Å². The molecule has 1 N–H and O–H groups in total. The summed E-state index contributed by atoms with van der Waals surface area (Å²) in [5.41, 5.74) is 0.720. The summed E-state index contributed by atoms with van der Waals surface area (Å²) >= 11 is 5.85. The number of rotatable bonds is 5. The number of carboxylic acids is 1. The summed E-state index contributed by atoms with van der Waals surface area (Å²) in [4.78, 5) is 10.5. The highest BCUT2D eigenvalue weighted by atomic mass is 35.5. The van der Waals surface area contributed by atoms with E-state index in [2.05, 4.69) is 0 Å². The Morgan fingerprint density at radius 1 is 1.47 bits per heavy atom. The molecule has 1 unspecified atom stereocenters. The molecule has 106 valence electrons. The van der Waals surface area contributed by atoms with E-state index in [1.807, 2.05) is 6.92 Å². The van der Waals surface area contributed by atoms with Crippen molar-refractivity contribution in [3.05, 3.63) is 28.8 Å². The maximum absolute atomic E-state index is 12.4. The molecule has 0 amide bonds. The molecule has 0 fully saturated rings. The van der Waals surface area contributed by atoms with Crippen molar-refractivity contribution in [1.29, 1.82) is 0 Å². The number of hydrogen-bond donors (Lipinski definition) is 1. The first-order valence-corrected chi connectivity index (χ1v) is 5.84. The first kappa shape index (κ1) is 15.6. The van der Waals surface area contributed by atoms with E-state index in [0.717, 1.165) is 5.56 Å². The monoisotopic (exact) mass is 296 g/mol. The number of ether oxygens (including phenoxy) is 1. The van der Waals surface area contributed by atoms with Gasteiger partial charge in [0, 0.05) is 5.02 Å². The minimum Gasteiger partial charge on any atom is -0.492 e.